The van der Waals surface area contributed by atoms with Crippen LogP contribution in [0.15, 0.2) is 30.3 Å². The molecule has 0 amide bonds. The molecule has 0 saturated heterocycles. The van der Waals surface area contributed by atoms with E-state index >= 15 is 0 Å². The number of hydrogen-bond acceptors (Lipinski definition) is 0. The van der Waals surface area contributed by atoms with Gasteiger partial charge < -0.3 is 0 Å². The fourth-order valence-electron chi connectivity index (χ4n) is 3.17. The van der Waals surface area contributed by atoms with Gasteiger partial charge in [-0.1, -0.05) is 101 Å². The molecule has 0 aliphatic rings. The normalized spacial score (nSPS) is 10.4. The van der Waals surface area contributed by atoms with Crippen LogP contribution in [0.1, 0.15) is 102 Å². The maximum absolute atomic E-state index is 3.23. The lowest BCUT2D eigenvalue weighted by atomic mass is 10.0. The van der Waals surface area contributed by atoms with Crippen molar-refractivity contribution in [3.8, 4) is 11.8 Å². The zero-order valence-electron chi connectivity index (χ0n) is 16.0. The van der Waals surface area contributed by atoms with Crippen molar-refractivity contribution in [3.05, 3.63) is 35.9 Å². The van der Waals surface area contributed by atoms with Crippen LogP contribution in [0.25, 0.3) is 0 Å². The molecule has 0 saturated carbocycles. The van der Waals surface area contributed by atoms with E-state index in [9.17, 15) is 0 Å². The van der Waals surface area contributed by atoms with Gasteiger partial charge >= 0.3 is 0 Å². The average molecular weight is 327 g/mol. The van der Waals surface area contributed by atoms with Crippen molar-refractivity contribution in [1.82, 2.24) is 0 Å². The summed E-state index contributed by atoms with van der Waals surface area (Å²) in [7, 11) is 0. The average Bonchev–Trinajstić information content (AvgIpc) is 2.62. The second-order valence-electron chi connectivity index (χ2n) is 6.94. The molecule has 0 aliphatic carbocycles. The predicted octanol–water partition coefficient (Wildman–Crippen LogP) is 7.71. The number of hydrogen-bond donors (Lipinski definition) is 0. The molecule has 0 radical (unpaired) electrons. The van der Waals surface area contributed by atoms with Crippen LogP contribution in [0.3, 0.4) is 0 Å². The van der Waals surface area contributed by atoms with E-state index in [1.807, 2.05) is 0 Å². The van der Waals surface area contributed by atoms with E-state index in [-0.39, 0.29) is 0 Å². The first-order chi connectivity index (χ1) is 11.9. The highest BCUT2D eigenvalue weighted by molar-refractivity contribution is 5.14. The van der Waals surface area contributed by atoms with Crippen LogP contribution < -0.4 is 0 Å². The van der Waals surface area contributed by atoms with Gasteiger partial charge in [-0.25, -0.2) is 0 Å². The van der Waals surface area contributed by atoms with Gasteiger partial charge in [0.25, 0.3) is 0 Å². The third kappa shape index (κ3) is 13.2. The van der Waals surface area contributed by atoms with Crippen LogP contribution >= 0.6 is 0 Å². The van der Waals surface area contributed by atoms with Gasteiger partial charge in [-0.2, -0.15) is 0 Å². The Bertz CT molecular complexity index is 420. The Morgan fingerprint density at radius 1 is 0.583 bits per heavy atom. The monoisotopic (exact) mass is 326 g/mol. The molecule has 0 heterocycles. The minimum atomic E-state index is 1.01. The molecule has 0 aliphatic heterocycles. The van der Waals surface area contributed by atoms with Crippen LogP contribution in [0.4, 0.5) is 0 Å². The van der Waals surface area contributed by atoms with Gasteiger partial charge in [-0.05, 0) is 24.8 Å². The first-order valence-corrected chi connectivity index (χ1v) is 10.4. The lowest BCUT2D eigenvalue weighted by Gasteiger charge is -2.03. The van der Waals surface area contributed by atoms with Gasteiger partial charge in [0.15, 0.2) is 0 Å². The predicted molar refractivity (Wildman–Crippen MR) is 108 cm³/mol. The minimum Gasteiger partial charge on any atom is -0.104 e. The van der Waals surface area contributed by atoms with Crippen LogP contribution in [-0.2, 0) is 6.42 Å². The molecule has 1 aromatic carbocycles. The third-order valence-electron chi connectivity index (χ3n) is 4.66. The molecule has 0 heteroatoms. The first-order valence-electron chi connectivity index (χ1n) is 10.4. The van der Waals surface area contributed by atoms with Crippen LogP contribution in [0, 0.1) is 11.8 Å². The Morgan fingerprint density at radius 3 is 1.62 bits per heavy atom. The molecule has 0 aromatic heterocycles. The molecule has 0 atom stereocenters. The zero-order valence-corrected chi connectivity index (χ0v) is 16.0. The Labute approximate surface area is 151 Å². The molecule has 0 nitrogen and oxygen atoms in total. The Kier molecular flexibility index (Phi) is 14.4. The fourth-order valence-corrected chi connectivity index (χ4v) is 3.17. The molecular formula is C24H38. The van der Waals surface area contributed by atoms with Crippen LogP contribution in [-0.4, -0.2) is 0 Å². The Hall–Kier alpha value is -1.22. The third-order valence-corrected chi connectivity index (χ3v) is 4.66. The number of benzene rings is 1. The minimum absolute atomic E-state index is 1.01. The molecule has 0 fully saturated rings. The fraction of sp³-hybridized carbons (Fsp3) is 0.667. The van der Waals surface area contributed by atoms with E-state index in [0.717, 1.165) is 12.8 Å². The summed E-state index contributed by atoms with van der Waals surface area (Å²) in [6, 6.07) is 10.9. The lowest BCUT2D eigenvalue weighted by Crippen LogP contribution is -1.86. The standard InChI is InChI=1S/C24H38/c1-2-3-4-5-6-7-8-9-10-11-12-13-14-15-16-18-21-24-22-19-17-20-23-24/h17,19-20,22-23H,2,5-16,18,21H2,1H3. The lowest BCUT2D eigenvalue weighted by molar-refractivity contribution is 0.542. The highest BCUT2D eigenvalue weighted by Crippen LogP contribution is 2.13. The number of aryl methyl sites for hydroxylation is 1. The molecule has 1 rings (SSSR count). The first kappa shape index (κ1) is 20.8. The van der Waals surface area contributed by atoms with Crippen molar-refractivity contribution >= 4 is 0 Å². The summed E-state index contributed by atoms with van der Waals surface area (Å²) in [6.07, 6.45) is 20.3. The smallest absolute Gasteiger partial charge is 0.00886 e. The molecule has 0 spiro atoms. The molecule has 0 unspecified atom stereocenters. The van der Waals surface area contributed by atoms with Gasteiger partial charge in [-0.3, -0.25) is 0 Å². The summed E-state index contributed by atoms with van der Waals surface area (Å²) in [5.74, 6) is 6.38. The zero-order chi connectivity index (χ0) is 17.1. The summed E-state index contributed by atoms with van der Waals surface area (Å²) >= 11 is 0. The Morgan fingerprint density at radius 2 is 1.08 bits per heavy atom. The summed E-state index contributed by atoms with van der Waals surface area (Å²) < 4.78 is 0. The van der Waals surface area contributed by atoms with E-state index in [4.69, 9.17) is 0 Å². The Balaban J connectivity index is 1.73. The van der Waals surface area contributed by atoms with E-state index in [1.165, 1.54) is 89.0 Å². The SMILES string of the molecule is CCC#CCCCCCCCCCCCCCCc1ccccc1. The van der Waals surface area contributed by atoms with Gasteiger partial charge in [0, 0.05) is 12.8 Å². The van der Waals surface area contributed by atoms with E-state index in [1.54, 1.807) is 0 Å². The quantitative estimate of drug-likeness (QED) is 0.242. The van der Waals surface area contributed by atoms with Crippen molar-refractivity contribution in [2.45, 2.75) is 103 Å². The molecular weight excluding hydrogens is 288 g/mol. The maximum atomic E-state index is 3.23. The van der Waals surface area contributed by atoms with E-state index < -0.39 is 0 Å². The summed E-state index contributed by atoms with van der Waals surface area (Å²) in [5.41, 5.74) is 1.50. The van der Waals surface area contributed by atoms with Gasteiger partial charge in [-0.15, -0.1) is 11.8 Å². The van der Waals surface area contributed by atoms with Crippen molar-refractivity contribution in [1.29, 1.82) is 0 Å². The topological polar surface area (TPSA) is 0 Å². The molecule has 24 heavy (non-hydrogen) atoms. The second kappa shape index (κ2) is 16.6. The number of unbranched alkanes of at least 4 members (excludes halogenated alkanes) is 12. The second-order valence-corrected chi connectivity index (χ2v) is 6.94. The highest BCUT2D eigenvalue weighted by atomic mass is 14.0. The summed E-state index contributed by atoms with van der Waals surface area (Å²) in [6.45, 7) is 2.12. The maximum Gasteiger partial charge on any atom is 0.00886 e. The summed E-state index contributed by atoms with van der Waals surface area (Å²) in [5, 5.41) is 0. The van der Waals surface area contributed by atoms with Gasteiger partial charge in [0.1, 0.15) is 0 Å². The van der Waals surface area contributed by atoms with Gasteiger partial charge in [0.05, 0.1) is 0 Å². The molecule has 1 aromatic rings. The van der Waals surface area contributed by atoms with Gasteiger partial charge in [0.2, 0.25) is 0 Å². The van der Waals surface area contributed by atoms with Crippen LogP contribution in [0.2, 0.25) is 0 Å². The molecule has 134 valence electrons. The molecule has 0 bridgehead atoms. The van der Waals surface area contributed by atoms with Crippen LogP contribution in [0.5, 0.6) is 0 Å². The van der Waals surface area contributed by atoms with E-state index in [0.29, 0.717) is 0 Å². The summed E-state index contributed by atoms with van der Waals surface area (Å²) in [4.78, 5) is 0. The van der Waals surface area contributed by atoms with Crippen molar-refractivity contribution in [2.75, 3.05) is 0 Å². The largest absolute Gasteiger partial charge is 0.104 e. The van der Waals surface area contributed by atoms with E-state index in [2.05, 4.69) is 49.1 Å². The highest BCUT2D eigenvalue weighted by Gasteiger charge is 1.95. The molecule has 0 N–H and O–H groups in total. The van der Waals surface area contributed by atoms with Crippen molar-refractivity contribution < 1.29 is 0 Å². The number of rotatable bonds is 14. The van der Waals surface area contributed by atoms with Crippen molar-refractivity contribution in [3.63, 3.8) is 0 Å². The van der Waals surface area contributed by atoms with Crippen molar-refractivity contribution in [2.24, 2.45) is 0 Å².